The zero-order valence-corrected chi connectivity index (χ0v) is 20.4. The second kappa shape index (κ2) is 9.26. The molecule has 0 atom stereocenters. The Bertz CT molecular complexity index is 1240. The quantitative estimate of drug-likeness (QED) is 0.545. The van der Waals surface area contributed by atoms with Crippen molar-refractivity contribution in [3.05, 3.63) is 52.0 Å². The molecule has 33 heavy (non-hydrogen) atoms. The molecule has 0 unspecified atom stereocenters. The molecule has 1 heterocycles. The van der Waals surface area contributed by atoms with E-state index in [9.17, 15) is 22.8 Å². The van der Waals surface area contributed by atoms with Gasteiger partial charge in [0.2, 0.25) is 11.8 Å². The van der Waals surface area contributed by atoms with Crippen LogP contribution in [-0.4, -0.2) is 45.6 Å². The number of nitrogens with one attached hydrogen (secondary N) is 1. The van der Waals surface area contributed by atoms with Gasteiger partial charge in [0, 0.05) is 23.4 Å². The first-order valence-electron chi connectivity index (χ1n) is 10.5. The van der Waals surface area contributed by atoms with Crippen LogP contribution < -0.4 is 10.2 Å². The van der Waals surface area contributed by atoms with E-state index in [1.54, 1.807) is 23.1 Å². The molecule has 0 aromatic heterocycles. The van der Waals surface area contributed by atoms with Crippen molar-refractivity contribution in [1.29, 1.82) is 0 Å². The summed E-state index contributed by atoms with van der Waals surface area (Å²) in [5.74, 6) is -1.66. The summed E-state index contributed by atoms with van der Waals surface area (Å²) in [5.41, 5.74) is 1.66. The first-order chi connectivity index (χ1) is 15.7. The van der Waals surface area contributed by atoms with Crippen LogP contribution in [0.3, 0.4) is 0 Å². The Balaban J connectivity index is 1.53. The van der Waals surface area contributed by atoms with E-state index in [0.717, 1.165) is 18.4 Å². The number of methoxy groups -OCH3 is 1. The smallest absolute Gasteiger partial charge is 0.339 e. The summed E-state index contributed by atoms with van der Waals surface area (Å²) in [4.78, 5) is 38.8. The van der Waals surface area contributed by atoms with Gasteiger partial charge in [0.1, 0.15) is 0 Å². The van der Waals surface area contributed by atoms with E-state index in [1.807, 2.05) is 6.07 Å². The molecule has 2 aliphatic rings. The van der Waals surface area contributed by atoms with Gasteiger partial charge in [-0.15, -0.1) is 0 Å². The Hall–Kier alpha value is -2.72. The number of anilines is 2. The van der Waals surface area contributed by atoms with Crippen LogP contribution in [-0.2, 0) is 30.6 Å². The van der Waals surface area contributed by atoms with Crippen LogP contribution in [0.25, 0.3) is 0 Å². The summed E-state index contributed by atoms with van der Waals surface area (Å²) in [6, 6.07) is 9.67. The van der Waals surface area contributed by atoms with Gasteiger partial charge in [-0.1, -0.05) is 28.1 Å². The van der Waals surface area contributed by atoms with E-state index in [2.05, 4.69) is 21.2 Å². The number of amides is 2. The Morgan fingerprint density at radius 2 is 1.91 bits per heavy atom. The molecule has 1 aliphatic heterocycles. The third kappa shape index (κ3) is 4.96. The van der Waals surface area contributed by atoms with E-state index in [4.69, 9.17) is 4.74 Å². The number of carbonyl (C=O) groups is 3. The Morgan fingerprint density at radius 1 is 1.18 bits per heavy atom. The highest BCUT2D eigenvalue weighted by atomic mass is 79.9. The number of esters is 1. The van der Waals surface area contributed by atoms with Gasteiger partial charge in [-0.2, -0.15) is 0 Å². The molecule has 4 rings (SSSR count). The molecule has 2 aromatic carbocycles. The standard InChI is InChI=1S/C23H23BrN2O6S/c1-32-23(29)17-4-2-3-5-18(17)25-20(27)9-11-33(30,31)19-13-16(24)12-15-8-10-26(21(15)19)22(28)14-6-7-14/h2-5,12-14H,6-11H2,1H3,(H,25,27). The number of nitrogens with zero attached hydrogens (tertiary/aromatic N) is 1. The second-order valence-electron chi connectivity index (χ2n) is 8.08. The average Bonchev–Trinajstić information content (AvgIpc) is 3.56. The normalized spacial score (nSPS) is 15.2. The number of ether oxygens (including phenoxy) is 1. The van der Waals surface area contributed by atoms with Crippen molar-refractivity contribution in [2.45, 2.75) is 30.6 Å². The predicted molar refractivity (Wildman–Crippen MR) is 126 cm³/mol. The molecule has 2 amide bonds. The zero-order chi connectivity index (χ0) is 23.8. The van der Waals surface area contributed by atoms with E-state index < -0.39 is 27.5 Å². The maximum Gasteiger partial charge on any atom is 0.339 e. The number of benzene rings is 2. The summed E-state index contributed by atoms with van der Waals surface area (Å²) < 4.78 is 31.8. The van der Waals surface area contributed by atoms with Crippen LogP contribution in [0, 0.1) is 5.92 Å². The summed E-state index contributed by atoms with van der Waals surface area (Å²) >= 11 is 3.37. The van der Waals surface area contributed by atoms with Crippen LogP contribution >= 0.6 is 15.9 Å². The lowest BCUT2D eigenvalue weighted by Crippen LogP contribution is -2.31. The van der Waals surface area contributed by atoms with Gasteiger partial charge in [0.05, 0.1) is 34.7 Å². The molecule has 1 aliphatic carbocycles. The number of carbonyl (C=O) groups excluding carboxylic acids is 3. The lowest BCUT2D eigenvalue weighted by Gasteiger charge is -2.21. The highest BCUT2D eigenvalue weighted by Crippen LogP contribution is 2.41. The van der Waals surface area contributed by atoms with Crippen molar-refractivity contribution < 1.29 is 27.5 Å². The summed E-state index contributed by atoms with van der Waals surface area (Å²) in [7, 11) is -2.64. The molecule has 0 radical (unpaired) electrons. The molecular weight excluding hydrogens is 512 g/mol. The number of sulfone groups is 1. The molecule has 0 spiro atoms. The van der Waals surface area contributed by atoms with Crippen LogP contribution in [0.2, 0.25) is 0 Å². The zero-order valence-electron chi connectivity index (χ0n) is 18.0. The Labute approximate surface area is 200 Å². The van der Waals surface area contributed by atoms with E-state index >= 15 is 0 Å². The Morgan fingerprint density at radius 3 is 2.61 bits per heavy atom. The predicted octanol–water partition coefficient (Wildman–Crippen LogP) is 3.34. The van der Waals surface area contributed by atoms with Gasteiger partial charge in [0.15, 0.2) is 9.84 Å². The van der Waals surface area contributed by atoms with Crippen molar-refractivity contribution in [3.8, 4) is 0 Å². The topological polar surface area (TPSA) is 110 Å². The number of rotatable bonds is 7. The van der Waals surface area contributed by atoms with Crippen LogP contribution in [0.1, 0.15) is 35.2 Å². The van der Waals surface area contributed by atoms with Crippen molar-refractivity contribution in [2.24, 2.45) is 5.92 Å². The highest BCUT2D eigenvalue weighted by molar-refractivity contribution is 9.10. The number of hydrogen-bond donors (Lipinski definition) is 1. The maximum absolute atomic E-state index is 13.3. The third-order valence-corrected chi connectivity index (χ3v) is 7.91. The van der Waals surface area contributed by atoms with Gasteiger partial charge in [-0.25, -0.2) is 13.2 Å². The molecule has 8 nitrogen and oxygen atoms in total. The van der Waals surface area contributed by atoms with Crippen molar-refractivity contribution in [3.63, 3.8) is 0 Å². The highest BCUT2D eigenvalue weighted by Gasteiger charge is 2.39. The second-order valence-corrected chi connectivity index (χ2v) is 11.1. The van der Waals surface area contributed by atoms with Crippen molar-refractivity contribution in [2.75, 3.05) is 29.6 Å². The monoisotopic (exact) mass is 534 g/mol. The van der Waals surface area contributed by atoms with Crippen LogP contribution in [0.4, 0.5) is 11.4 Å². The fraction of sp³-hybridized carbons (Fsp3) is 0.348. The molecule has 2 aromatic rings. The maximum atomic E-state index is 13.3. The van der Waals surface area contributed by atoms with Crippen molar-refractivity contribution >= 4 is 54.9 Å². The molecular formula is C23H23BrN2O6S. The van der Waals surface area contributed by atoms with Gasteiger partial charge < -0.3 is 15.0 Å². The van der Waals surface area contributed by atoms with Gasteiger partial charge >= 0.3 is 5.97 Å². The molecule has 174 valence electrons. The van der Waals surface area contributed by atoms with Crippen LogP contribution in [0.15, 0.2) is 45.8 Å². The number of hydrogen-bond acceptors (Lipinski definition) is 6. The van der Waals surface area contributed by atoms with E-state index in [1.165, 1.54) is 19.2 Å². The summed E-state index contributed by atoms with van der Waals surface area (Å²) in [6.07, 6.45) is 1.93. The van der Waals surface area contributed by atoms with E-state index in [-0.39, 0.29) is 34.4 Å². The minimum atomic E-state index is -3.87. The first kappa shape index (κ1) is 23.4. The van der Waals surface area contributed by atoms with Crippen molar-refractivity contribution in [1.82, 2.24) is 0 Å². The number of para-hydroxylation sites is 1. The SMILES string of the molecule is COC(=O)c1ccccc1NC(=O)CCS(=O)(=O)c1cc(Br)cc2c1N(C(=O)C1CC1)CC2. The Kier molecular flexibility index (Phi) is 6.58. The summed E-state index contributed by atoms with van der Waals surface area (Å²) in [6.45, 7) is 0.453. The largest absolute Gasteiger partial charge is 0.465 e. The van der Waals surface area contributed by atoms with E-state index in [0.29, 0.717) is 23.1 Å². The molecule has 10 heteroatoms. The van der Waals surface area contributed by atoms with Crippen LogP contribution in [0.5, 0.6) is 0 Å². The molecule has 0 bridgehead atoms. The molecule has 1 fully saturated rings. The lowest BCUT2D eigenvalue weighted by molar-refractivity contribution is -0.119. The number of fused-ring (bicyclic) bond motifs is 1. The number of halogens is 1. The fourth-order valence-corrected chi connectivity index (χ4v) is 6.08. The minimum Gasteiger partial charge on any atom is -0.465 e. The van der Waals surface area contributed by atoms with Gasteiger partial charge in [-0.3, -0.25) is 9.59 Å². The van der Waals surface area contributed by atoms with Gasteiger partial charge in [-0.05, 0) is 49.1 Å². The van der Waals surface area contributed by atoms with Gasteiger partial charge in [0.25, 0.3) is 0 Å². The minimum absolute atomic E-state index is 0.0317. The first-order valence-corrected chi connectivity index (χ1v) is 13.0. The fourth-order valence-electron chi connectivity index (χ4n) is 3.91. The lowest BCUT2D eigenvalue weighted by atomic mass is 10.2. The molecule has 1 N–H and O–H groups in total. The third-order valence-electron chi connectivity index (χ3n) is 5.73. The summed E-state index contributed by atoms with van der Waals surface area (Å²) in [5, 5.41) is 2.59. The average molecular weight is 535 g/mol. The molecule has 0 saturated heterocycles. The molecule has 1 saturated carbocycles.